The molecule has 21 heavy (non-hydrogen) atoms. The lowest BCUT2D eigenvalue weighted by molar-refractivity contribution is -0.0151. The first kappa shape index (κ1) is 14.6. The van der Waals surface area contributed by atoms with Gasteiger partial charge < -0.3 is 24.2 Å². The Balaban J connectivity index is 1.45. The van der Waals surface area contributed by atoms with Crippen LogP contribution in [0.15, 0.2) is 24.3 Å². The molecular weight excluding hydrogens is 270 g/mol. The Labute approximate surface area is 125 Å². The highest BCUT2D eigenvalue weighted by molar-refractivity contribution is 5.59. The van der Waals surface area contributed by atoms with Crippen LogP contribution in [-0.4, -0.2) is 56.8 Å². The van der Waals surface area contributed by atoms with Crippen molar-refractivity contribution in [3.05, 3.63) is 24.3 Å². The van der Waals surface area contributed by atoms with Crippen LogP contribution in [-0.2, 0) is 9.47 Å². The van der Waals surface area contributed by atoms with E-state index in [-0.39, 0.29) is 6.10 Å². The van der Waals surface area contributed by atoms with Gasteiger partial charge >= 0.3 is 0 Å². The Hall–Kier alpha value is -1.30. The summed E-state index contributed by atoms with van der Waals surface area (Å²) in [5, 5.41) is 10.2. The molecule has 0 amide bonds. The Morgan fingerprint density at radius 1 is 1.33 bits per heavy atom. The van der Waals surface area contributed by atoms with Crippen molar-refractivity contribution >= 4 is 5.69 Å². The summed E-state index contributed by atoms with van der Waals surface area (Å²) in [7, 11) is 0. The highest BCUT2D eigenvalue weighted by Gasteiger charge is 2.21. The van der Waals surface area contributed by atoms with E-state index in [0.717, 1.165) is 37.4 Å². The van der Waals surface area contributed by atoms with Gasteiger partial charge in [-0.2, -0.15) is 0 Å². The number of rotatable bonds is 6. The van der Waals surface area contributed by atoms with Gasteiger partial charge in [0.2, 0.25) is 0 Å². The molecule has 0 aliphatic carbocycles. The zero-order valence-corrected chi connectivity index (χ0v) is 12.2. The molecule has 116 valence electrons. The number of hydrogen-bond acceptors (Lipinski definition) is 5. The Bertz CT molecular complexity index is 448. The minimum Gasteiger partial charge on any atom is -0.490 e. The van der Waals surface area contributed by atoms with Crippen molar-refractivity contribution < 1.29 is 19.3 Å². The molecule has 2 aliphatic rings. The second-order valence-electron chi connectivity index (χ2n) is 5.59. The van der Waals surface area contributed by atoms with Crippen molar-refractivity contribution in [2.45, 2.75) is 25.0 Å². The predicted molar refractivity (Wildman–Crippen MR) is 79.9 cm³/mol. The molecule has 5 nitrogen and oxygen atoms in total. The maximum Gasteiger partial charge on any atom is 0.142 e. The largest absolute Gasteiger partial charge is 0.490 e. The van der Waals surface area contributed by atoms with Crippen molar-refractivity contribution in [3.63, 3.8) is 0 Å². The molecule has 3 rings (SSSR count). The van der Waals surface area contributed by atoms with Crippen LogP contribution in [0.1, 0.15) is 12.8 Å². The summed E-state index contributed by atoms with van der Waals surface area (Å²) in [6.45, 7) is 3.77. The number of ether oxygens (including phenoxy) is 3. The molecule has 0 aromatic heterocycles. The van der Waals surface area contributed by atoms with E-state index in [1.807, 2.05) is 24.3 Å². The molecule has 0 spiro atoms. The molecule has 2 unspecified atom stereocenters. The first-order valence-electron chi connectivity index (χ1n) is 7.67. The smallest absolute Gasteiger partial charge is 0.142 e. The molecule has 1 fully saturated rings. The zero-order chi connectivity index (χ0) is 14.5. The van der Waals surface area contributed by atoms with Gasteiger partial charge in [0.15, 0.2) is 0 Å². The molecular formula is C16H23NO4. The maximum atomic E-state index is 10.2. The van der Waals surface area contributed by atoms with E-state index in [2.05, 4.69) is 4.90 Å². The van der Waals surface area contributed by atoms with Crippen LogP contribution in [0.3, 0.4) is 0 Å². The van der Waals surface area contributed by atoms with E-state index in [1.165, 1.54) is 0 Å². The van der Waals surface area contributed by atoms with Crippen molar-refractivity contribution in [1.29, 1.82) is 0 Å². The standard InChI is InChI=1S/C16H23NO4/c18-13(11-19-12-14-4-3-8-20-14)10-17-7-9-21-16-6-2-1-5-15(16)17/h1-2,5-6,13-14,18H,3-4,7-12H2. The van der Waals surface area contributed by atoms with Gasteiger partial charge in [-0.15, -0.1) is 0 Å². The molecule has 1 N–H and O–H groups in total. The fourth-order valence-corrected chi connectivity index (χ4v) is 2.83. The number of aliphatic hydroxyl groups is 1. The summed E-state index contributed by atoms with van der Waals surface area (Å²) >= 11 is 0. The number of anilines is 1. The lowest BCUT2D eigenvalue weighted by Gasteiger charge is -2.32. The Morgan fingerprint density at radius 2 is 2.24 bits per heavy atom. The third kappa shape index (κ3) is 3.87. The molecule has 5 heteroatoms. The van der Waals surface area contributed by atoms with Crippen LogP contribution in [0, 0.1) is 0 Å². The second kappa shape index (κ2) is 7.11. The SMILES string of the molecule is OC(COCC1CCCO1)CN1CCOc2ccccc21. The number of fused-ring (bicyclic) bond motifs is 1. The molecule has 0 saturated carbocycles. The number of nitrogens with zero attached hydrogens (tertiary/aromatic N) is 1. The zero-order valence-electron chi connectivity index (χ0n) is 12.2. The monoisotopic (exact) mass is 293 g/mol. The average molecular weight is 293 g/mol. The fourth-order valence-electron chi connectivity index (χ4n) is 2.83. The van der Waals surface area contributed by atoms with Crippen LogP contribution in [0.4, 0.5) is 5.69 Å². The average Bonchev–Trinajstić information content (AvgIpc) is 3.01. The number of β-amino-alcohol motifs (C(OH)–C–C–N with tert-alkyl or cyclic N) is 1. The third-order valence-electron chi connectivity index (χ3n) is 3.89. The van der Waals surface area contributed by atoms with Crippen LogP contribution in [0.2, 0.25) is 0 Å². The van der Waals surface area contributed by atoms with Gasteiger partial charge in [-0.1, -0.05) is 12.1 Å². The van der Waals surface area contributed by atoms with Crippen molar-refractivity contribution in [1.82, 2.24) is 0 Å². The van der Waals surface area contributed by atoms with E-state index in [0.29, 0.717) is 26.4 Å². The van der Waals surface area contributed by atoms with Crippen molar-refractivity contribution in [3.8, 4) is 5.75 Å². The van der Waals surface area contributed by atoms with E-state index in [4.69, 9.17) is 14.2 Å². The summed E-state index contributed by atoms with van der Waals surface area (Å²) in [5.74, 6) is 0.885. The number of aliphatic hydroxyl groups excluding tert-OH is 1. The van der Waals surface area contributed by atoms with Crippen LogP contribution >= 0.6 is 0 Å². The number of benzene rings is 1. The highest BCUT2D eigenvalue weighted by atomic mass is 16.5. The molecule has 2 heterocycles. The molecule has 1 aromatic carbocycles. The topological polar surface area (TPSA) is 51.2 Å². The summed E-state index contributed by atoms with van der Waals surface area (Å²) in [4.78, 5) is 2.15. The van der Waals surface area contributed by atoms with Crippen LogP contribution < -0.4 is 9.64 Å². The van der Waals surface area contributed by atoms with Gasteiger partial charge in [-0.3, -0.25) is 0 Å². The van der Waals surface area contributed by atoms with Gasteiger partial charge in [-0.25, -0.2) is 0 Å². The number of para-hydroxylation sites is 2. The van der Waals surface area contributed by atoms with E-state index in [9.17, 15) is 5.11 Å². The third-order valence-corrected chi connectivity index (χ3v) is 3.89. The van der Waals surface area contributed by atoms with Crippen LogP contribution in [0.5, 0.6) is 5.75 Å². The molecule has 2 atom stereocenters. The molecule has 0 bridgehead atoms. The summed E-state index contributed by atoms with van der Waals surface area (Å²) in [5.41, 5.74) is 1.04. The fraction of sp³-hybridized carbons (Fsp3) is 0.625. The molecule has 0 radical (unpaired) electrons. The number of hydrogen-bond donors (Lipinski definition) is 1. The first-order chi connectivity index (χ1) is 10.3. The molecule has 1 saturated heterocycles. The van der Waals surface area contributed by atoms with Gasteiger partial charge in [0.1, 0.15) is 12.4 Å². The summed E-state index contributed by atoms with van der Waals surface area (Å²) in [6, 6.07) is 7.93. The van der Waals surface area contributed by atoms with E-state index >= 15 is 0 Å². The van der Waals surface area contributed by atoms with Gasteiger partial charge in [0, 0.05) is 13.2 Å². The van der Waals surface area contributed by atoms with E-state index < -0.39 is 6.10 Å². The Morgan fingerprint density at radius 3 is 3.10 bits per heavy atom. The second-order valence-corrected chi connectivity index (χ2v) is 5.59. The first-order valence-corrected chi connectivity index (χ1v) is 7.67. The molecule has 2 aliphatic heterocycles. The van der Waals surface area contributed by atoms with Gasteiger partial charge in [-0.05, 0) is 25.0 Å². The van der Waals surface area contributed by atoms with Crippen LogP contribution in [0.25, 0.3) is 0 Å². The van der Waals surface area contributed by atoms with Crippen molar-refractivity contribution in [2.24, 2.45) is 0 Å². The summed E-state index contributed by atoms with van der Waals surface area (Å²) in [6.07, 6.45) is 1.88. The minimum atomic E-state index is -0.502. The van der Waals surface area contributed by atoms with Gasteiger partial charge in [0.05, 0.1) is 37.7 Å². The van der Waals surface area contributed by atoms with E-state index in [1.54, 1.807) is 0 Å². The lowest BCUT2D eigenvalue weighted by atomic mass is 10.2. The maximum absolute atomic E-state index is 10.2. The lowest BCUT2D eigenvalue weighted by Crippen LogP contribution is -2.40. The van der Waals surface area contributed by atoms with Crippen molar-refractivity contribution in [2.75, 3.05) is 44.4 Å². The Kier molecular flexibility index (Phi) is 4.95. The normalized spacial score (nSPS) is 22.7. The molecule has 1 aromatic rings. The minimum absolute atomic E-state index is 0.210. The van der Waals surface area contributed by atoms with Gasteiger partial charge in [0.25, 0.3) is 0 Å². The quantitative estimate of drug-likeness (QED) is 0.860. The highest BCUT2D eigenvalue weighted by Crippen LogP contribution is 2.30. The predicted octanol–water partition coefficient (Wildman–Crippen LogP) is 1.44. The summed E-state index contributed by atoms with van der Waals surface area (Å²) < 4.78 is 16.7.